The van der Waals surface area contributed by atoms with Crippen LogP contribution >= 0.6 is 0 Å². The zero-order valence-corrected chi connectivity index (χ0v) is 9.27. The summed E-state index contributed by atoms with van der Waals surface area (Å²) in [6.45, 7) is 9.38. The summed E-state index contributed by atoms with van der Waals surface area (Å²) in [5, 5.41) is 0. The van der Waals surface area contributed by atoms with E-state index in [1.165, 1.54) is 38.8 Å². The van der Waals surface area contributed by atoms with E-state index in [2.05, 4.69) is 32.7 Å². The molecular formula is C11H25N. The smallest absolute Gasteiger partial charge is 0.00194 e. The van der Waals surface area contributed by atoms with E-state index in [0.29, 0.717) is 0 Å². The average Bonchev–Trinajstić information content (AvgIpc) is 2.01. The van der Waals surface area contributed by atoms with E-state index in [0.717, 1.165) is 5.92 Å². The molecule has 0 rings (SSSR count). The first kappa shape index (κ1) is 12.0. The van der Waals surface area contributed by atoms with Gasteiger partial charge in [0.1, 0.15) is 0 Å². The van der Waals surface area contributed by atoms with Crippen LogP contribution in [0.1, 0.15) is 46.5 Å². The Morgan fingerprint density at radius 2 is 1.75 bits per heavy atom. The molecule has 0 radical (unpaired) electrons. The molecule has 0 amide bonds. The standard InChI is InChI=1S/C11H25N/c1-5-6-7-9-12(4)10-8-11(2)3/h11H,5-10H2,1-4H3. The molecule has 0 aliphatic carbocycles. The summed E-state index contributed by atoms with van der Waals surface area (Å²) in [6.07, 6.45) is 5.41. The highest BCUT2D eigenvalue weighted by Gasteiger charge is 1.99. The van der Waals surface area contributed by atoms with Gasteiger partial charge in [0.05, 0.1) is 0 Å². The van der Waals surface area contributed by atoms with Gasteiger partial charge in [0.15, 0.2) is 0 Å². The molecule has 0 aromatic rings. The molecule has 1 heteroatoms. The van der Waals surface area contributed by atoms with Crippen molar-refractivity contribution in [3.05, 3.63) is 0 Å². The van der Waals surface area contributed by atoms with Crippen LogP contribution in [0.5, 0.6) is 0 Å². The van der Waals surface area contributed by atoms with E-state index in [9.17, 15) is 0 Å². The summed E-state index contributed by atoms with van der Waals surface area (Å²) in [5.41, 5.74) is 0. The van der Waals surface area contributed by atoms with Crippen LogP contribution in [0.2, 0.25) is 0 Å². The Balaban J connectivity index is 3.15. The molecule has 0 aromatic carbocycles. The Morgan fingerprint density at radius 3 is 2.25 bits per heavy atom. The van der Waals surface area contributed by atoms with Crippen LogP contribution < -0.4 is 0 Å². The molecule has 0 atom stereocenters. The first-order chi connectivity index (χ1) is 5.66. The van der Waals surface area contributed by atoms with Gasteiger partial charge in [-0.2, -0.15) is 0 Å². The van der Waals surface area contributed by atoms with Crippen molar-refractivity contribution < 1.29 is 0 Å². The Bertz CT molecular complexity index is 89.0. The second-order valence-corrected chi connectivity index (χ2v) is 4.19. The molecule has 1 nitrogen and oxygen atoms in total. The maximum absolute atomic E-state index is 2.45. The van der Waals surface area contributed by atoms with E-state index in [1.807, 2.05) is 0 Å². The van der Waals surface area contributed by atoms with Gasteiger partial charge in [-0.3, -0.25) is 0 Å². The van der Waals surface area contributed by atoms with Crippen molar-refractivity contribution in [3.63, 3.8) is 0 Å². The van der Waals surface area contributed by atoms with Gasteiger partial charge in [0, 0.05) is 0 Å². The summed E-state index contributed by atoms with van der Waals surface area (Å²) < 4.78 is 0. The third-order valence-electron chi connectivity index (χ3n) is 2.23. The number of hydrogen-bond acceptors (Lipinski definition) is 1. The SMILES string of the molecule is CCCCCN(C)CCC(C)C. The minimum Gasteiger partial charge on any atom is -0.306 e. The Morgan fingerprint density at radius 1 is 1.08 bits per heavy atom. The van der Waals surface area contributed by atoms with Crippen LogP contribution in [0, 0.1) is 5.92 Å². The lowest BCUT2D eigenvalue weighted by Gasteiger charge is -2.17. The predicted molar refractivity (Wildman–Crippen MR) is 56.5 cm³/mol. The first-order valence-corrected chi connectivity index (χ1v) is 5.35. The first-order valence-electron chi connectivity index (χ1n) is 5.35. The molecule has 0 aliphatic heterocycles. The fraction of sp³-hybridized carbons (Fsp3) is 1.00. The van der Waals surface area contributed by atoms with Crippen molar-refractivity contribution in [2.75, 3.05) is 20.1 Å². The highest BCUT2D eigenvalue weighted by molar-refractivity contribution is 4.54. The Kier molecular flexibility index (Phi) is 7.58. The van der Waals surface area contributed by atoms with E-state index >= 15 is 0 Å². The van der Waals surface area contributed by atoms with Gasteiger partial charge in [-0.05, 0) is 38.9 Å². The second-order valence-electron chi connectivity index (χ2n) is 4.19. The normalized spacial score (nSPS) is 11.5. The van der Waals surface area contributed by atoms with Crippen LogP contribution in [0.15, 0.2) is 0 Å². The quantitative estimate of drug-likeness (QED) is 0.532. The van der Waals surface area contributed by atoms with Crippen molar-refractivity contribution >= 4 is 0 Å². The van der Waals surface area contributed by atoms with Crippen molar-refractivity contribution in [2.24, 2.45) is 5.92 Å². The van der Waals surface area contributed by atoms with E-state index < -0.39 is 0 Å². The zero-order chi connectivity index (χ0) is 9.40. The van der Waals surface area contributed by atoms with Crippen LogP contribution in [-0.2, 0) is 0 Å². The molecule has 0 unspecified atom stereocenters. The lowest BCUT2D eigenvalue weighted by atomic mass is 10.1. The van der Waals surface area contributed by atoms with Crippen molar-refractivity contribution in [1.82, 2.24) is 4.90 Å². The van der Waals surface area contributed by atoms with Gasteiger partial charge in [-0.15, -0.1) is 0 Å². The van der Waals surface area contributed by atoms with Gasteiger partial charge in [0.25, 0.3) is 0 Å². The van der Waals surface area contributed by atoms with Crippen molar-refractivity contribution in [3.8, 4) is 0 Å². The Hall–Kier alpha value is -0.0400. The molecule has 0 spiro atoms. The molecule has 0 heterocycles. The fourth-order valence-corrected chi connectivity index (χ4v) is 1.22. The van der Waals surface area contributed by atoms with Gasteiger partial charge >= 0.3 is 0 Å². The summed E-state index contributed by atoms with van der Waals surface area (Å²) in [6, 6.07) is 0. The largest absolute Gasteiger partial charge is 0.306 e. The Labute approximate surface area is 78.1 Å². The third-order valence-corrected chi connectivity index (χ3v) is 2.23. The van der Waals surface area contributed by atoms with E-state index in [1.54, 1.807) is 0 Å². The van der Waals surface area contributed by atoms with Gasteiger partial charge in [-0.1, -0.05) is 33.6 Å². The molecule has 0 fully saturated rings. The lowest BCUT2D eigenvalue weighted by molar-refractivity contribution is 0.303. The molecular weight excluding hydrogens is 146 g/mol. The molecule has 0 aromatic heterocycles. The highest BCUT2D eigenvalue weighted by Crippen LogP contribution is 2.02. The van der Waals surface area contributed by atoms with Gasteiger partial charge in [0.2, 0.25) is 0 Å². The maximum Gasteiger partial charge on any atom is -0.00194 e. The molecule has 0 saturated carbocycles. The molecule has 0 saturated heterocycles. The van der Waals surface area contributed by atoms with Gasteiger partial charge < -0.3 is 4.90 Å². The van der Waals surface area contributed by atoms with Crippen LogP contribution in [0.4, 0.5) is 0 Å². The van der Waals surface area contributed by atoms with Crippen LogP contribution in [0.3, 0.4) is 0 Å². The van der Waals surface area contributed by atoms with Crippen LogP contribution in [-0.4, -0.2) is 25.0 Å². The number of hydrogen-bond donors (Lipinski definition) is 0. The minimum absolute atomic E-state index is 0.846. The summed E-state index contributed by atoms with van der Waals surface area (Å²) in [4.78, 5) is 2.45. The average molecular weight is 171 g/mol. The van der Waals surface area contributed by atoms with E-state index in [-0.39, 0.29) is 0 Å². The van der Waals surface area contributed by atoms with Gasteiger partial charge in [-0.25, -0.2) is 0 Å². The van der Waals surface area contributed by atoms with Crippen molar-refractivity contribution in [1.29, 1.82) is 0 Å². The summed E-state index contributed by atoms with van der Waals surface area (Å²) in [7, 11) is 2.23. The summed E-state index contributed by atoms with van der Waals surface area (Å²) in [5.74, 6) is 0.846. The third kappa shape index (κ3) is 8.06. The lowest BCUT2D eigenvalue weighted by Crippen LogP contribution is -2.21. The van der Waals surface area contributed by atoms with Crippen molar-refractivity contribution in [2.45, 2.75) is 46.5 Å². The number of nitrogens with zero attached hydrogens (tertiary/aromatic N) is 1. The topological polar surface area (TPSA) is 3.24 Å². The number of unbranched alkanes of at least 4 members (excludes halogenated alkanes) is 2. The predicted octanol–water partition coefficient (Wildman–Crippen LogP) is 3.15. The maximum atomic E-state index is 2.45. The number of rotatable bonds is 7. The molecule has 0 N–H and O–H groups in total. The molecule has 12 heavy (non-hydrogen) atoms. The molecule has 0 aliphatic rings. The van der Waals surface area contributed by atoms with E-state index in [4.69, 9.17) is 0 Å². The minimum atomic E-state index is 0.846. The fourth-order valence-electron chi connectivity index (χ4n) is 1.22. The monoisotopic (exact) mass is 171 g/mol. The van der Waals surface area contributed by atoms with Crippen LogP contribution in [0.25, 0.3) is 0 Å². The second kappa shape index (κ2) is 7.60. The zero-order valence-electron chi connectivity index (χ0n) is 9.27. The molecule has 74 valence electrons. The summed E-state index contributed by atoms with van der Waals surface area (Å²) >= 11 is 0. The molecule has 0 bridgehead atoms. The highest BCUT2D eigenvalue weighted by atomic mass is 15.1.